The second-order valence-electron chi connectivity index (χ2n) is 7.60. The van der Waals surface area contributed by atoms with Crippen LogP contribution in [0.2, 0.25) is 0 Å². The highest BCUT2D eigenvalue weighted by Gasteiger charge is 2.43. The van der Waals surface area contributed by atoms with Crippen molar-refractivity contribution in [2.24, 2.45) is 0 Å². The first-order valence-electron chi connectivity index (χ1n) is 10.1. The average Bonchev–Trinajstić information content (AvgIpc) is 3.05. The lowest BCUT2D eigenvalue weighted by Gasteiger charge is -2.16. The fraction of sp³-hybridized carbons (Fsp3) is 0.478. The van der Waals surface area contributed by atoms with E-state index in [-0.39, 0.29) is 24.7 Å². The van der Waals surface area contributed by atoms with Crippen molar-refractivity contribution in [2.45, 2.75) is 44.7 Å². The largest absolute Gasteiger partial charge is 0.497 e. The number of fused-ring (bicyclic) bond motifs is 2. The zero-order valence-corrected chi connectivity index (χ0v) is 18.2. The predicted octanol–water partition coefficient (Wildman–Crippen LogP) is 3.29. The van der Waals surface area contributed by atoms with Crippen LogP contribution in [0, 0.1) is 0 Å². The van der Waals surface area contributed by atoms with E-state index in [2.05, 4.69) is 0 Å². The van der Waals surface area contributed by atoms with Gasteiger partial charge < -0.3 is 28.4 Å². The Morgan fingerprint density at radius 3 is 2.65 bits per heavy atom. The third-order valence-corrected chi connectivity index (χ3v) is 4.81. The number of hydrogen-bond donors (Lipinski definition) is 0. The molecule has 2 heterocycles. The van der Waals surface area contributed by atoms with Crippen LogP contribution in [0.1, 0.15) is 42.6 Å². The smallest absolute Gasteiger partial charge is 0.342 e. The summed E-state index contributed by atoms with van der Waals surface area (Å²) >= 11 is 0. The van der Waals surface area contributed by atoms with Gasteiger partial charge in [-0.2, -0.15) is 0 Å². The summed E-state index contributed by atoms with van der Waals surface area (Å²) in [6.07, 6.45) is 6.36. The number of carbonyl (C=O) groups is 2. The van der Waals surface area contributed by atoms with Gasteiger partial charge in [0.1, 0.15) is 23.2 Å². The number of benzene rings is 1. The van der Waals surface area contributed by atoms with E-state index in [1.807, 2.05) is 6.08 Å². The van der Waals surface area contributed by atoms with Crippen LogP contribution in [0.5, 0.6) is 11.5 Å². The maximum Gasteiger partial charge on any atom is 0.342 e. The molecular formula is C23H28O8. The van der Waals surface area contributed by atoms with Gasteiger partial charge in [0, 0.05) is 13.2 Å². The molecule has 8 heteroatoms. The van der Waals surface area contributed by atoms with Crippen LogP contribution in [0.15, 0.2) is 30.4 Å². The summed E-state index contributed by atoms with van der Waals surface area (Å²) in [5.74, 6) is -0.763. The number of rotatable bonds is 4. The molecule has 8 nitrogen and oxygen atoms in total. The van der Waals surface area contributed by atoms with Gasteiger partial charge in [0.2, 0.25) is 0 Å². The van der Waals surface area contributed by atoms with E-state index in [1.54, 1.807) is 38.1 Å². The molecule has 2 aliphatic heterocycles. The first kappa shape index (κ1) is 23.0. The molecule has 0 spiro atoms. The molecule has 0 saturated carbocycles. The molecule has 1 aromatic rings. The zero-order chi connectivity index (χ0) is 22.4. The van der Waals surface area contributed by atoms with Crippen LogP contribution in [-0.2, 0) is 23.7 Å². The number of cyclic esters (lactones) is 1. The lowest BCUT2D eigenvalue weighted by molar-refractivity contribution is -0.152. The Hall–Kier alpha value is -2.68. The fourth-order valence-corrected chi connectivity index (χ4v) is 3.48. The first-order valence-corrected chi connectivity index (χ1v) is 10.1. The van der Waals surface area contributed by atoms with E-state index in [4.69, 9.17) is 28.4 Å². The molecule has 0 aliphatic carbocycles. The Morgan fingerprint density at radius 2 is 1.90 bits per heavy atom. The minimum atomic E-state index is -0.859. The zero-order valence-electron chi connectivity index (χ0n) is 18.2. The van der Waals surface area contributed by atoms with E-state index in [0.29, 0.717) is 29.9 Å². The summed E-state index contributed by atoms with van der Waals surface area (Å²) in [5, 5.41) is 0. The monoisotopic (exact) mass is 432 g/mol. The van der Waals surface area contributed by atoms with Gasteiger partial charge in [-0.15, -0.1) is 0 Å². The van der Waals surface area contributed by atoms with E-state index < -0.39 is 24.0 Å². The standard InChI is InChI=1S/C23H28O8/c1-23(2)30-18-10-7-8-15-12-16(27-4)13-19(29-14-26-3)20(15)22(25)28-11-6-5-9-17(24)21(18)31-23/h5,7-9,12-13,18,21H,6,10-11,14H2,1-4H3/b8-7+,9-5-/t18-,21+/m0/s1. The Morgan fingerprint density at radius 1 is 1.10 bits per heavy atom. The molecule has 0 aromatic heterocycles. The van der Waals surface area contributed by atoms with Crippen molar-refractivity contribution in [3.05, 3.63) is 41.5 Å². The molecule has 0 bridgehead atoms. The molecule has 0 N–H and O–H groups in total. The summed E-state index contributed by atoms with van der Waals surface area (Å²) in [5.41, 5.74) is 0.829. The minimum Gasteiger partial charge on any atom is -0.497 e. The summed E-state index contributed by atoms with van der Waals surface area (Å²) in [6.45, 7) is 3.63. The van der Waals surface area contributed by atoms with Crippen LogP contribution < -0.4 is 9.47 Å². The third kappa shape index (κ3) is 5.72. The van der Waals surface area contributed by atoms with Gasteiger partial charge in [0.05, 0.1) is 19.8 Å². The molecule has 2 atom stereocenters. The molecule has 3 rings (SSSR count). The lowest BCUT2D eigenvalue weighted by atomic mass is 10.0. The number of carbonyl (C=O) groups excluding carboxylic acids is 2. The van der Waals surface area contributed by atoms with Crippen molar-refractivity contribution >= 4 is 17.8 Å². The highest BCUT2D eigenvalue weighted by atomic mass is 16.8. The van der Waals surface area contributed by atoms with Crippen molar-refractivity contribution in [2.75, 3.05) is 27.6 Å². The fourth-order valence-electron chi connectivity index (χ4n) is 3.48. The Balaban J connectivity index is 1.99. The van der Waals surface area contributed by atoms with Gasteiger partial charge in [0.15, 0.2) is 18.4 Å². The molecule has 0 radical (unpaired) electrons. The molecular weight excluding hydrogens is 404 g/mol. The van der Waals surface area contributed by atoms with E-state index in [1.165, 1.54) is 20.3 Å². The average molecular weight is 432 g/mol. The van der Waals surface area contributed by atoms with Gasteiger partial charge >= 0.3 is 5.97 Å². The SMILES string of the molecule is COCOc1cc(OC)cc2c1C(=O)OCC/C=C\C(=O)[C@H]1OC(C)(C)O[C@H]1C/C=C/2. The van der Waals surface area contributed by atoms with E-state index in [9.17, 15) is 9.59 Å². The summed E-state index contributed by atoms with van der Waals surface area (Å²) in [6, 6.07) is 3.33. The van der Waals surface area contributed by atoms with Crippen molar-refractivity contribution in [1.82, 2.24) is 0 Å². The van der Waals surface area contributed by atoms with Crippen molar-refractivity contribution in [3.8, 4) is 11.5 Å². The quantitative estimate of drug-likeness (QED) is 0.529. The maximum atomic E-state index is 12.8. The van der Waals surface area contributed by atoms with Gasteiger partial charge in [-0.1, -0.05) is 18.2 Å². The molecule has 2 aliphatic rings. The van der Waals surface area contributed by atoms with Gasteiger partial charge in [-0.05, 0) is 44.4 Å². The van der Waals surface area contributed by atoms with Crippen molar-refractivity contribution in [3.63, 3.8) is 0 Å². The highest BCUT2D eigenvalue weighted by Crippen LogP contribution is 2.33. The van der Waals surface area contributed by atoms with Gasteiger partial charge in [-0.3, -0.25) is 4.79 Å². The number of esters is 1. The van der Waals surface area contributed by atoms with Crippen LogP contribution in [0.3, 0.4) is 0 Å². The van der Waals surface area contributed by atoms with Gasteiger partial charge in [0.25, 0.3) is 0 Å². The second-order valence-corrected chi connectivity index (χ2v) is 7.60. The van der Waals surface area contributed by atoms with Crippen LogP contribution >= 0.6 is 0 Å². The van der Waals surface area contributed by atoms with Crippen molar-refractivity contribution in [1.29, 1.82) is 0 Å². The maximum absolute atomic E-state index is 12.8. The predicted molar refractivity (Wildman–Crippen MR) is 112 cm³/mol. The second kappa shape index (κ2) is 10.1. The topological polar surface area (TPSA) is 89.5 Å². The molecule has 1 fully saturated rings. The highest BCUT2D eigenvalue weighted by molar-refractivity contribution is 5.97. The van der Waals surface area contributed by atoms with Gasteiger partial charge in [-0.25, -0.2) is 4.79 Å². The van der Waals surface area contributed by atoms with Crippen LogP contribution in [0.4, 0.5) is 0 Å². The summed E-state index contributed by atoms with van der Waals surface area (Å²) < 4.78 is 33.1. The summed E-state index contributed by atoms with van der Waals surface area (Å²) in [4.78, 5) is 25.4. The Labute approximate surface area is 181 Å². The molecule has 1 aromatic carbocycles. The molecule has 1 saturated heterocycles. The van der Waals surface area contributed by atoms with Crippen LogP contribution in [-0.4, -0.2) is 57.4 Å². The Kier molecular flexibility index (Phi) is 7.48. The molecule has 31 heavy (non-hydrogen) atoms. The number of ketones is 1. The Bertz CT molecular complexity index is 871. The van der Waals surface area contributed by atoms with E-state index >= 15 is 0 Å². The summed E-state index contributed by atoms with van der Waals surface area (Å²) in [7, 11) is 3.02. The first-order chi connectivity index (χ1) is 14.8. The molecule has 168 valence electrons. The minimum absolute atomic E-state index is 0.0362. The van der Waals surface area contributed by atoms with E-state index in [0.717, 1.165) is 0 Å². The molecule has 0 amide bonds. The normalized spacial score (nSPS) is 25.5. The number of hydrogen-bond acceptors (Lipinski definition) is 8. The lowest BCUT2D eigenvalue weighted by Crippen LogP contribution is -2.30. The van der Waals surface area contributed by atoms with Crippen molar-refractivity contribution < 1.29 is 38.0 Å². The number of ether oxygens (including phenoxy) is 6. The number of methoxy groups -OCH3 is 2. The third-order valence-electron chi connectivity index (χ3n) is 4.81. The van der Waals surface area contributed by atoms with Crippen LogP contribution in [0.25, 0.3) is 6.08 Å². The molecule has 0 unspecified atom stereocenters.